The Hall–Kier alpha value is -1.14. The molecular formula is C11H17N3O2S. The molecule has 0 aliphatic carbocycles. The Morgan fingerprint density at radius 1 is 1.65 bits per heavy atom. The van der Waals surface area contributed by atoms with E-state index in [1.54, 1.807) is 11.1 Å². The molecule has 1 aliphatic heterocycles. The third-order valence-electron chi connectivity index (χ3n) is 2.97. The van der Waals surface area contributed by atoms with Gasteiger partial charge in [-0.2, -0.15) is 0 Å². The lowest BCUT2D eigenvalue weighted by Crippen LogP contribution is -2.49. The summed E-state index contributed by atoms with van der Waals surface area (Å²) in [5.41, 5.74) is 0. The first kappa shape index (κ1) is 12.3. The largest absolute Gasteiger partial charge is 0.394 e. The highest BCUT2D eigenvalue weighted by atomic mass is 32.1. The molecule has 1 aromatic rings. The summed E-state index contributed by atoms with van der Waals surface area (Å²) in [5, 5.41) is 14.9. The van der Waals surface area contributed by atoms with Gasteiger partial charge in [-0.1, -0.05) is 0 Å². The lowest BCUT2D eigenvalue weighted by Gasteiger charge is -2.34. The van der Waals surface area contributed by atoms with Gasteiger partial charge in [0.2, 0.25) is 0 Å². The van der Waals surface area contributed by atoms with Gasteiger partial charge in [-0.3, -0.25) is 0 Å². The molecule has 1 aromatic heterocycles. The second-order valence-corrected chi connectivity index (χ2v) is 5.09. The van der Waals surface area contributed by atoms with Crippen LogP contribution in [0.1, 0.15) is 24.3 Å². The first-order valence-corrected chi connectivity index (χ1v) is 6.73. The summed E-state index contributed by atoms with van der Waals surface area (Å²) in [4.78, 5) is 17.8. The van der Waals surface area contributed by atoms with Crippen molar-refractivity contribution in [3.05, 3.63) is 16.6 Å². The third-order valence-corrected chi connectivity index (χ3v) is 3.75. The second-order valence-electron chi connectivity index (χ2n) is 4.11. The van der Waals surface area contributed by atoms with E-state index in [1.165, 1.54) is 11.3 Å². The van der Waals surface area contributed by atoms with Gasteiger partial charge in [0, 0.05) is 18.1 Å². The van der Waals surface area contributed by atoms with Crippen LogP contribution in [0.2, 0.25) is 0 Å². The third kappa shape index (κ3) is 3.17. The average Bonchev–Trinajstić information content (AvgIpc) is 2.89. The van der Waals surface area contributed by atoms with Crippen LogP contribution in [0.5, 0.6) is 0 Å². The van der Waals surface area contributed by atoms with E-state index >= 15 is 0 Å². The number of nitrogens with one attached hydrogen (secondary N) is 1. The van der Waals surface area contributed by atoms with E-state index in [2.05, 4.69) is 10.3 Å². The number of aliphatic hydroxyl groups is 1. The Bertz CT molecular complexity index is 356. The number of aliphatic hydroxyl groups excluding tert-OH is 1. The number of rotatable bonds is 3. The zero-order valence-electron chi connectivity index (χ0n) is 9.63. The molecule has 94 valence electrons. The Morgan fingerprint density at radius 2 is 2.53 bits per heavy atom. The molecule has 17 heavy (non-hydrogen) atoms. The van der Waals surface area contributed by atoms with Crippen LogP contribution >= 0.6 is 11.3 Å². The van der Waals surface area contributed by atoms with Crippen molar-refractivity contribution in [3.8, 4) is 0 Å². The zero-order valence-corrected chi connectivity index (χ0v) is 10.4. The number of carbonyl (C=O) groups excluding carboxylic acids is 1. The smallest absolute Gasteiger partial charge is 0.318 e. The standard InChI is InChI=1S/C11H17N3O2S/c15-8-9-3-1-2-5-14(9)11(16)13-7-10-12-4-6-17-10/h4,6,9,15H,1-3,5,7-8H2,(H,13,16)/t9-/m1/s1. The summed E-state index contributed by atoms with van der Waals surface area (Å²) in [6, 6.07) is -0.126. The number of amides is 2. The van der Waals surface area contributed by atoms with Crippen LogP contribution in [0.15, 0.2) is 11.6 Å². The molecule has 0 bridgehead atoms. The van der Waals surface area contributed by atoms with E-state index in [0.717, 1.165) is 30.8 Å². The van der Waals surface area contributed by atoms with Gasteiger partial charge < -0.3 is 15.3 Å². The SMILES string of the molecule is O=C(NCc1nccs1)N1CCCC[C@@H]1CO. The highest BCUT2D eigenvalue weighted by Crippen LogP contribution is 2.16. The summed E-state index contributed by atoms with van der Waals surface area (Å²) >= 11 is 1.52. The van der Waals surface area contributed by atoms with Gasteiger partial charge in [0.25, 0.3) is 0 Å². The number of aromatic nitrogens is 1. The van der Waals surface area contributed by atoms with E-state index in [1.807, 2.05) is 5.38 Å². The van der Waals surface area contributed by atoms with Gasteiger partial charge in [0.1, 0.15) is 5.01 Å². The highest BCUT2D eigenvalue weighted by molar-refractivity contribution is 7.09. The quantitative estimate of drug-likeness (QED) is 0.853. The van der Waals surface area contributed by atoms with E-state index in [4.69, 9.17) is 0 Å². The van der Waals surface area contributed by atoms with Crippen LogP contribution in [-0.4, -0.2) is 40.2 Å². The Morgan fingerprint density at radius 3 is 3.24 bits per heavy atom. The van der Waals surface area contributed by atoms with Crippen molar-refractivity contribution >= 4 is 17.4 Å². The predicted molar refractivity (Wildman–Crippen MR) is 65.8 cm³/mol. The molecule has 2 heterocycles. The fourth-order valence-corrected chi connectivity index (χ4v) is 2.61. The van der Waals surface area contributed by atoms with Gasteiger partial charge in [-0.15, -0.1) is 11.3 Å². The topological polar surface area (TPSA) is 65.5 Å². The average molecular weight is 255 g/mol. The van der Waals surface area contributed by atoms with E-state index in [9.17, 15) is 9.90 Å². The zero-order chi connectivity index (χ0) is 12.1. The molecule has 0 aromatic carbocycles. The van der Waals surface area contributed by atoms with Crippen molar-refractivity contribution in [1.82, 2.24) is 15.2 Å². The first-order chi connectivity index (χ1) is 8.31. The molecule has 5 nitrogen and oxygen atoms in total. The summed E-state index contributed by atoms with van der Waals surface area (Å²) < 4.78 is 0. The van der Waals surface area contributed by atoms with Crippen LogP contribution in [0, 0.1) is 0 Å². The van der Waals surface area contributed by atoms with Gasteiger partial charge in [-0.25, -0.2) is 9.78 Å². The van der Waals surface area contributed by atoms with Crippen molar-refractivity contribution in [2.75, 3.05) is 13.2 Å². The molecule has 0 spiro atoms. The van der Waals surface area contributed by atoms with Gasteiger partial charge in [0.05, 0.1) is 19.2 Å². The van der Waals surface area contributed by atoms with E-state index in [-0.39, 0.29) is 18.7 Å². The molecule has 1 aliphatic rings. The monoisotopic (exact) mass is 255 g/mol. The van der Waals surface area contributed by atoms with Gasteiger partial charge in [-0.05, 0) is 19.3 Å². The number of urea groups is 1. The van der Waals surface area contributed by atoms with Gasteiger partial charge >= 0.3 is 6.03 Å². The van der Waals surface area contributed by atoms with Crippen LogP contribution in [0.4, 0.5) is 4.79 Å². The van der Waals surface area contributed by atoms with E-state index < -0.39 is 0 Å². The summed E-state index contributed by atoms with van der Waals surface area (Å²) in [5.74, 6) is 0. The molecule has 6 heteroatoms. The Balaban J connectivity index is 1.85. The summed E-state index contributed by atoms with van der Waals surface area (Å²) in [7, 11) is 0. The predicted octanol–water partition coefficient (Wildman–Crippen LogP) is 1.20. The fourth-order valence-electron chi connectivity index (χ4n) is 2.05. The lowest BCUT2D eigenvalue weighted by atomic mass is 10.0. The second kappa shape index (κ2) is 5.97. The Labute approximate surface area is 104 Å². The summed E-state index contributed by atoms with van der Waals surface area (Å²) in [6.45, 7) is 1.24. The molecular weight excluding hydrogens is 238 g/mol. The lowest BCUT2D eigenvalue weighted by molar-refractivity contribution is 0.108. The van der Waals surface area contributed by atoms with Crippen LogP contribution < -0.4 is 5.32 Å². The fraction of sp³-hybridized carbons (Fsp3) is 0.636. The highest BCUT2D eigenvalue weighted by Gasteiger charge is 2.25. The summed E-state index contributed by atoms with van der Waals surface area (Å²) in [6.07, 6.45) is 4.72. The van der Waals surface area contributed by atoms with Crippen molar-refractivity contribution in [3.63, 3.8) is 0 Å². The molecule has 1 saturated heterocycles. The normalized spacial score (nSPS) is 20.3. The van der Waals surface area contributed by atoms with Crippen LogP contribution in [0.25, 0.3) is 0 Å². The Kier molecular flexibility index (Phi) is 4.33. The molecule has 0 radical (unpaired) electrons. The number of piperidine rings is 1. The number of nitrogens with zero attached hydrogens (tertiary/aromatic N) is 2. The molecule has 2 amide bonds. The van der Waals surface area contributed by atoms with Crippen molar-refractivity contribution in [1.29, 1.82) is 0 Å². The maximum absolute atomic E-state index is 11.9. The molecule has 2 N–H and O–H groups in total. The van der Waals surface area contributed by atoms with E-state index in [0.29, 0.717) is 6.54 Å². The maximum atomic E-state index is 11.9. The number of hydrogen-bond acceptors (Lipinski definition) is 4. The number of likely N-dealkylation sites (tertiary alicyclic amines) is 1. The molecule has 2 rings (SSSR count). The van der Waals surface area contributed by atoms with Crippen LogP contribution in [0.3, 0.4) is 0 Å². The molecule has 0 unspecified atom stereocenters. The minimum absolute atomic E-state index is 0.0277. The molecule has 1 fully saturated rings. The van der Waals surface area contributed by atoms with Crippen molar-refractivity contribution < 1.29 is 9.90 Å². The number of hydrogen-bond donors (Lipinski definition) is 2. The maximum Gasteiger partial charge on any atom is 0.318 e. The van der Waals surface area contributed by atoms with Crippen molar-refractivity contribution in [2.45, 2.75) is 31.8 Å². The number of carbonyl (C=O) groups is 1. The minimum atomic E-state index is -0.0982. The number of thiazole rings is 1. The first-order valence-electron chi connectivity index (χ1n) is 5.85. The van der Waals surface area contributed by atoms with Gasteiger partial charge in [0.15, 0.2) is 0 Å². The van der Waals surface area contributed by atoms with Crippen molar-refractivity contribution in [2.24, 2.45) is 0 Å². The minimum Gasteiger partial charge on any atom is -0.394 e. The molecule has 0 saturated carbocycles. The van der Waals surface area contributed by atoms with Crippen LogP contribution in [-0.2, 0) is 6.54 Å². The molecule has 1 atom stereocenters.